The van der Waals surface area contributed by atoms with Crippen LogP contribution in [0.15, 0.2) is 30.3 Å². The standard InChI is InChI=1S/C16H19F3N2/c1-20-13(10-12-6-2-3-7-14(12)20)11-21-9-5-4-8-15(21)16(17,18)19/h2-3,6-7,10,15H,4-5,8-9,11H2,1H3. The number of rotatable bonds is 2. The third-order valence-corrected chi connectivity index (χ3v) is 4.41. The number of para-hydroxylation sites is 1. The molecular formula is C16H19F3N2. The lowest BCUT2D eigenvalue weighted by Gasteiger charge is -2.36. The molecule has 1 aliphatic rings. The van der Waals surface area contributed by atoms with E-state index >= 15 is 0 Å². The van der Waals surface area contributed by atoms with E-state index in [1.54, 1.807) is 4.90 Å². The zero-order valence-electron chi connectivity index (χ0n) is 12.0. The Morgan fingerprint density at radius 2 is 1.95 bits per heavy atom. The van der Waals surface area contributed by atoms with Gasteiger partial charge in [-0.25, -0.2) is 0 Å². The summed E-state index contributed by atoms with van der Waals surface area (Å²) in [6.45, 7) is 0.876. The highest BCUT2D eigenvalue weighted by Gasteiger charge is 2.44. The van der Waals surface area contributed by atoms with Crippen molar-refractivity contribution >= 4 is 10.9 Å². The van der Waals surface area contributed by atoms with Crippen molar-refractivity contribution in [2.75, 3.05) is 6.54 Å². The average Bonchev–Trinajstić information content (AvgIpc) is 2.76. The Balaban J connectivity index is 1.88. The number of benzene rings is 1. The van der Waals surface area contributed by atoms with E-state index in [2.05, 4.69) is 0 Å². The van der Waals surface area contributed by atoms with Crippen molar-refractivity contribution < 1.29 is 13.2 Å². The number of hydrogen-bond donors (Lipinski definition) is 0. The van der Waals surface area contributed by atoms with Gasteiger partial charge in [0.2, 0.25) is 0 Å². The molecule has 0 N–H and O–H groups in total. The normalized spacial score (nSPS) is 21.0. The predicted octanol–water partition coefficient (Wildman–Crippen LogP) is 4.10. The molecule has 1 unspecified atom stereocenters. The average molecular weight is 296 g/mol. The fraction of sp³-hybridized carbons (Fsp3) is 0.500. The van der Waals surface area contributed by atoms with E-state index in [1.165, 1.54) is 0 Å². The molecule has 5 heteroatoms. The van der Waals surface area contributed by atoms with Crippen molar-refractivity contribution in [2.24, 2.45) is 7.05 Å². The van der Waals surface area contributed by atoms with Gasteiger partial charge in [0, 0.05) is 24.8 Å². The van der Waals surface area contributed by atoms with Crippen molar-refractivity contribution in [3.05, 3.63) is 36.0 Å². The van der Waals surface area contributed by atoms with Gasteiger partial charge in [-0.15, -0.1) is 0 Å². The Morgan fingerprint density at radius 1 is 1.19 bits per heavy atom. The minimum absolute atomic E-state index is 0.216. The van der Waals surface area contributed by atoms with Crippen LogP contribution in [0.3, 0.4) is 0 Å². The fourth-order valence-corrected chi connectivity index (χ4v) is 3.26. The SMILES string of the molecule is Cn1c(CN2CCCCC2C(F)(F)F)cc2ccccc21. The van der Waals surface area contributed by atoms with Gasteiger partial charge >= 0.3 is 6.18 Å². The third-order valence-electron chi connectivity index (χ3n) is 4.41. The van der Waals surface area contributed by atoms with E-state index in [1.807, 2.05) is 41.9 Å². The molecule has 0 spiro atoms. The second kappa shape index (κ2) is 5.37. The Hall–Kier alpha value is -1.49. The smallest absolute Gasteiger partial charge is 0.346 e. The summed E-state index contributed by atoms with van der Waals surface area (Å²) in [5.41, 5.74) is 2.00. The first-order chi connectivity index (χ1) is 9.97. The van der Waals surface area contributed by atoms with Crippen LogP contribution in [0.4, 0.5) is 13.2 Å². The van der Waals surface area contributed by atoms with Gasteiger partial charge in [0.25, 0.3) is 0 Å². The molecule has 1 fully saturated rings. The first-order valence-corrected chi connectivity index (χ1v) is 7.31. The van der Waals surface area contributed by atoms with Gasteiger partial charge in [0.05, 0.1) is 0 Å². The van der Waals surface area contributed by atoms with E-state index in [0.29, 0.717) is 19.5 Å². The van der Waals surface area contributed by atoms with Crippen LogP contribution in [0, 0.1) is 0 Å². The van der Waals surface area contributed by atoms with Crippen molar-refractivity contribution in [3.8, 4) is 0 Å². The Labute approximate surface area is 122 Å². The first kappa shape index (κ1) is 14.4. The molecular weight excluding hydrogens is 277 g/mol. The van der Waals surface area contributed by atoms with Crippen LogP contribution in [-0.2, 0) is 13.6 Å². The van der Waals surface area contributed by atoms with Crippen molar-refractivity contribution in [1.29, 1.82) is 0 Å². The molecule has 0 amide bonds. The van der Waals surface area contributed by atoms with Gasteiger partial charge in [0.15, 0.2) is 0 Å². The summed E-state index contributed by atoms with van der Waals surface area (Å²) in [5, 5.41) is 1.08. The van der Waals surface area contributed by atoms with E-state index in [0.717, 1.165) is 23.0 Å². The molecule has 1 aromatic carbocycles. The molecule has 0 radical (unpaired) electrons. The van der Waals surface area contributed by atoms with Crippen LogP contribution < -0.4 is 0 Å². The van der Waals surface area contributed by atoms with Gasteiger partial charge in [-0.05, 0) is 36.9 Å². The molecule has 1 aliphatic heterocycles. The van der Waals surface area contributed by atoms with Gasteiger partial charge in [0.1, 0.15) is 6.04 Å². The maximum atomic E-state index is 13.2. The molecule has 21 heavy (non-hydrogen) atoms. The number of aryl methyl sites for hydroxylation is 1. The summed E-state index contributed by atoms with van der Waals surface area (Å²) in [5.74, 6) is 0. The lowest BCUT2D eigenvalue weighted by molar-refractivity contribution is -0.192. The van der Waals surface area contributed by atoms with Crippen molar-refractivity contribution in [2.45, 2.75) is 38.0 Å². The maximum absolute atomic E-state index is 13.2. The number of fused-ring (bicyclic) bond motifs is 1. The molecule has 1 atom stereocenters. The summed E-state index contributed by atoms with van der Waals surface area (Å²) in [7, 11) is 1.92. The molecule has 1 aromatic heterocycles. The van der Waals surface area contributed by atoms with E-state index in [-0.39, 0.29) is 6.42 Å². The van der Waals surface area contributed by atoms with Crippen LogP contribution in [0.2, 0.25) is 0 Å². The van der Waals surface area contributed by atoms with Crippen LogP contribution in [0.5, 0.6) is 0 Å². The topological polar surface area (TPSA) is 8.17 Å². The number of halogens is 3. The van der Waals surface area contributed by atoms with Gasteiger partial charge in [-0.1, -0.05) is 24.6 Å². The van der Waals surface area contributed by atoms with Crippen LogP contribution in [-0.4, -0.2) is 28.2 Å². The van der Waals surface area contributed by atoms with Crippen molar-refractivity contribution in [3.63, 3.8) is 0 Å². The second-order valence-corrected chi connectivity index (χ2v) is 5.78. The van der Waals surface area contributed by atoms with Gasteiger partial charge in [-0.3, -0.25) is 4.90 Å². The van der Waals surface area contributed by atoms with E-state index < -0.39 is 12.2 Å². The number of hydrogen-bond acceptors (Lipinski definition) is 1. The number of piperidine rings is 1. The second-order valence-electron chi connectivity index (χ2n) is 5.78. The Kier molecular flexibility index (Phi) is 3.69. The lowest BCUT2D eigenvalue weighted by Crippen LogP contribution is -2.48. The Morgan fingerprint density at radius 3 is 2.67 bits per heavy atom. The highest BCUT2D eigenvalue weighted by Crippen LogP contribution is 2.33. The highest BCUT2D eigenvalue weighted by atomic mass is 19.4. The first-order valence-electron chi connectivity index (χ1n) is 7.31. The van der Waals surface area contributed by atoms with E-state index in [9.17, 15) is 13.2 Å². The summed E-state index contributed by atoms with van der Waals surface area (Å²) in [4.78, 5) is 1.58. The van der Waals surface area contributed by atoms with E-state index in [4.69, 9.17) is 0 Å². The van der Waals surface area contributed by atoms with Gasteiger partial charge in [-0.2, -0.15) is 13.2 Å². The third kappa shape index (κ3) is 2.79. The molecule has 2 nitrogen and oxygen atoms in total. The fourth-order valence-electron chi connectivity index (χ4n) is 3.26. The molecule has 0 bridgehead atoms. The summed E-state index contributed by atoms with van der Waals surface area (Å²) in [6, 6.07) is 8.59. The molecule has 3 rings (SSSR count). The largest absolute Gasteiger partial charge is 0.404 e. The number of nitrogens with zero attached hydrogens (tertiary/aromatic N) is 2. The van der Waals surface area contributed by atoms with Crippen LogP contribution in [0.1, 0.15) is 25.0 Å². The quantitative estimate of drug-likeness (QED) is 0.810. The summed E-state index contributed by atoms with van der Waals surface area (Å²) >= 11 is 0. The number of likely N-dealkylation sites (tertiary alicyclic amines) is 1. The predicted molar refractivity (Wildman–Crippen MR) is 77.0 cm³/mol. The number of alkyl halides is 3. The molecule has 2 heterocycles. The monoisotopic (exact) mass is 296 g/mol. The zero-order chi connectivity index (χ0) is 15.0. The van der Waals surface area contributed by atoms with Crippen LogP contribution >= 0.6 is 0 Å². The molecule has 2 aromatic rings. The number of aromatic nitrogens is 1. The van der Waals surface area contributed by atoms with Gasteiger partial charge < -0.3 is 4.57 Å². The minimum atomic E-state index is -4.13. The summed E-state index contributed by atoms with van der Waals surface area (Å²) in [6.07, 6.45) is -2.41. The minimum Gasteiger partial charge on any atom is -0.346 e. The molecule has 0 aliphatic carbocycles. The Bertz CT molecular complexity index is 630. The molecule has 0 saturated carbocycles. The lowest BCUT2D eigenvalue weighted by atomic mass is 10.0. The molecule has 114 valence electrons. The zero-order valence-corrected chi connectivity index (χ0v) is 12.0. The maximum Gasteiger partial charge on any atom is 0.404 e. The summed E-state index contributed by atoms with van der Waals surface area (Å²) < 4.78 is 41.4. The van der Waals surface area contributed by atoms with Crippen LogP contribution in [0.25, 0.3) is 10.9 Å². The highest BCUT2D eigenvalue weighted by molar-refractivity contribution is 5.81. The molecule has 1 saturated heterocycles. The van der Waals surface area contributed by atoms with Crippen molar-refractivity contribution in [1.82, 2.24) is 9.47 Å².